The van der Waals surface area contributed by atoms with E-state index in [1.807, 2.05) is 24.3 Å². The van der Waals surface area contributed by atoms with Gasteiger partial charge in [0.2, 0.25) is 0 Å². The molecule has 0 saturated carbocycles. The Bertz CT molecular complexity index is 617. The number of esters is 1. The molecule has 0 bridgehead atoms. The summed E-state index contributed by atoms with van der Waals surface area (Å²) in [5.74, 6) is 0.309. The molecular formula is C14H17N3O3. The fourth-order valence-electron chi connectivity index (χ4n) is 2.06. The van der Waals surface area contributed by atoms with Gasteiger partial charge in [-0.25, -0.2) is 9.78 Å². The van der Waals surface area contributed by atoms with E-state index in [0.717, 1.165) is 11.3 Å². The lowest BCUT2D eigenvalue weighted by atomic mass is 10.1. The third kappa shape index (κ3) is 2.50. The quantitative estimate of drug-likeness (QED) is 0.815. The number of aliphatic hydroxyl groups excluding tert-OH is 1. The van der Waals surface area contributed by atoms with Crippen molar-refractivity contribution >= 4 is 11.8 Å². The molecule has 0 radical (unpaired) electrons. The number of hydrogen-bond donors (Lipinski definition) is 2. The van der Waals surface area contributed by atoms with E-state index in [1.54, 1.807) is 11.5 Å². The van der Waals surface area contributed by atoms with Crippen molar-refractivity contribution in [2.75, 3.05) is 19.5 Å². The van der Waals surface area contributed by atoms with E-state index in [4.69, 9.17) is 10.8 Å². The number of nitrogens with two attached hydrogens (primary N) is 1. The molecular weight excluding hydrogens is 258 g/mol. The minimum absolute atomic E-state index is 0.109. The van der Waals surface area contributed by atoms with Crippen molar-refractivity contribution < 1.29 is 14.6 Å². The lowest BCUT2D eigenvalue weighted by Crippen LogP contribution is -2.07. The highest BCUT2D eigenvalue weighted by Crippen LogP contribution is 2.21. The number of benzene rings is 1. The lowest BCUT2D eigenvalue weighted by molar-refractivity contribution is 0.0596. The number of nitrogens with zero attached hydrogens (tertiary/aromatic N) is 2. The van der Waals surface area contributed by atoms with Crippen molar-refractivity contribution in [2.24, 2.45) is 0 Å². The second kappa shape index (κ2) is 5.75. The number of aromatic nitrogens is 2. The van der Waals surface area contributed by atoms with E-state index in [0.29, 0.717) is 12.2 Å². The molecule has 0 atom stereocenters. The molecule has 1 aromatic heterocycles. The van der Waals surface area contributed by atoms with Gasteiger partial charge in [0.1, 0.15) is 11.6 Å². The number of nitrogen functional groups attached to an aromatic ring is 1. The Hall–Kier alpha value is -2.34. The summed E-state index contributed by atoms with van der Waals surface area (Å²) in [5.41, 5.74) is 7.92. The fourth-order valence-corrected chi connectivity index (χ4v) is 2.06. The van der Waals surface area contributed by atoms with Gasteiger partial charge in [0.05, 0.1) is 7.11 Å². The van der Waals surface area contributed by atoms with E-state index in [2.05, 4.69) is 9.72 Å². The van der Waals surface area contributed by atoms with Crippen molar-refractivity contribution in [3.63, 3.8) is 0 Å². The van der Waals surface area contributed by atoms with Gasteiger partial charge in [-0.05, 0) is 31.0 Å². The number of carbonyl (C=O) groups is 1. The van der Waals surface area contributed by atoms with E-state index in [-0.39, 0.29) is 18.1 Å². The molecule has 0 aliphatic carbocycles. The largest absolute Gasteiger partial charge is 0.464 e. The number of imidazole rings is 1. The summed E-state index contributed by atoms with van der Waals surface area (Å²) >= 11 is 0. The van der Waals surface area contributed by atoms with E-state index < -0.39 is 5.97 Å². The Kier molecular flexibility index (Phi) is 4.05. The molecule has 0 amide bonds. The number of anilines is 1. The van der Waals surface area contributed by atoms with Gasteiger partial charge in [0, 0.05) is 12.3 Å². The summed E-state index contributed by atoms with van der Waals surface area (Å²) in [5, 5.41) is 8.90. The Morgan fingerprint density at radius 3 is 2.60 bits per heavy atom. The van der Waals surface area contributed by atoms with Gasteiger partial charge in [-0.2, -0.15) is 0 Å². The van der Waals surface area contributed by atoms with Crippen LogP contribution in [0.5, 0.6) is 0 Å². The smallest absolute Gasteiger partial charge is 0.360 e. The summed E-state index contributed by atoms with van der Waals surface area (Å²) in [4.78, 5) is 15.7. The highest BCUT2D eigenvalue weighted by Gasteiger charge is 2.19. The average molecular weight is 275 g/mol. The van der Waals surface area contributed by atoms with Crippen LogP contribution in [0.3, 0.4) is 0 Å². The predicted octanol–water partition coefficient (Wildman–Crippen LogP) is 1.08. The molecule has 3 N–H and O–H groups in total. The molecule has 1 heterocycles. The van der Waals surface area contributed by atoms with Crippen LogP contribution in [0.2, 0.25) is 0 Å². The SMILES string of the molecule is COC(=O)c1nc(C)n(-c2ccc(CCO)cc2)c1N. The molecule has 106 valence electrons. The highest BCUT2D eigenvalue weighted by molar-refractivity contribution is 5.92. The molecule has 2 aromatic rings. The second-order valence-electron chi connectivity index (χ2n) is 4.36. The third-order valence-corrected chi connectivity index (χ3v) is 3.05. The van der Waals surface area contributed by atoms with Gasteiger partial charge < -0.3 is 15.6 Å². The van der Waals surface area contributed by atoms with Crippen molar-refractivity contribution in [3.8, 4) is 5.69 Å². The fraction of sp³-hybridized carbons (Fsp3) is 0.286. The first-order valence-corrected chi connectivity index (χ1v) is 6.21. The molecule has 6 nitrogen and oxygen atoms in total. The van der Waals surface area contributed by atoms with Crippen LogP contribution >= 0.6 is 0 Å². The topological polar surface area (TPSA) is 90.4 Å². The van der Waals surface area contributed by atoms with Gasteiger partial charge in [0.25, 0.3) is 0 Å². The molecule has 20 heavy (non-hydrogen) atoms. The Morgan fingerprint density at radius 2 is 2.05 bits per heavy atom. The molecule has 0 saturated heterocycles. The van der Waals surface area contributed by atoms with Crippen LogP contribution in [0.15, 0.2) is 24.3 Å². The van der Waals surface area contributed by atoms with Crippen molar-refractivity contribution in [1.29, 1.82) is 0 Å². The maximum atomic E-state index is 11.6. The number of ether oxygens (including phenoxy) is 1. The molecule has 0 aliphatic rings. The van der Waals surface area contributed by atoms with E-state index in [9.17, 15) is 4.79 Å². The normalized spacial score (nSPS) is 10.6. The third-order valence-electron chi connectivity index (χ3n) is 3.05. The molecule has 0 fully saturated rings. The predicted molar refractivity (Wildman–Crippen MR) is 74.8 cm³/mol. The number of rotatable bonds is 4. The number of hydrogen-bond acceptors (Lipinski definition) is 5. The standard InChI is InChI=1S/C14H17N3O3/c1-9-16-12(14(19)20-2)13(15)17(9)11-5-3-10(4-6-11)7-8-18/h3-6,18H,7-8,15H2,1-2H3. The lowest BCUT2D eigenvalue weighted by Gasteiger charge is -2.08. The van der Waals surface area contributed by atoms with Crippen LogP contribution in [0.4, 0.5) is 5.82 Å². The van der Waals surface area contributed by atoms with Crippen LogP contribution < -0.4 is 5.73 Å². The van der Waals surface area contributed by atoms with Crippen LogP contribution in [0, 0.1) is 6.92 Å². The molecule has 0 spiro atoms. The van der Waals surface area contributed by atoms with Gasteiger partial charge in [0.15, 0.2) is 5.69 Å². The summed E-state index contributed by atoms with van der Waals surface area (Å²) in [6, 6.07) is 7.55. The molecule has 6 heteroatoms. The summed E-state index contributed by atoms with van der Waals surface area (Å²) in [6.45, 7) is 1.88. The van der Waals surface area contributed by atoms with Crippen LogP contribution in [0.1, 0.15) is 21.9 Å². The van der Waals surface area contributed by atoms with Gasteiger partial charge >= 0.3 is 5.97 Å². The minimum atomic E-state index is -0.554. The first-order valence-electron chi connectivity index (χ1n) is 6.21. The van der Waals surface area contributed by atoms with Crippen LogP contribution in [-0.4, -0.2) is 34.3 Å². The number of carbonyl (C=O) groups excluding carboxylic acids is 1. The Morgan fingerprint density at radius 1 is 1.40 bits per heavy atom. The van der Waals surface area contributed by atoms with Crippen LogP contribution in [0.25, 0.3) is 5.69 Å². The highest BCUT2D eigenvalue weighted by atomic mass is 16.5. The van der Waals surface area contributed by atoms with Gasteiger partial charge in [-0.3, -0.25) is 4.57 Å². The summed E-state index contributed by atoms with van der Waals surface area (Å²) in [6.07, 6.45) is 0.603. The minimum Gasteiger partial charge on any atom is -0.464 e. The monoisotopic (exact) mass is 275 g/mol. The molecule has 2 rings (SSSR count). The first kappa shape index (κ1) is 14.1. The van der Waals surface area contributed by atoms with Gasteiger partial charge in [-0.15, -0.1) is 0 Å². The van der Waals surface area contributed by atoms with Crippen molar-refractivity contribution in [3.05, 3.63) is 41.3 Å². The second-order valence-corrected chi connectivity index (χ2v) is 4.36. The number of aliphatic hydroxyl groups is 1. The van der Waals surface area contributed by atoms with E-state index >= 15 is 0 Å². The van der Waals surface area contributed by atoms with Crippen LogP contribution in [-0.2, 0) is 11.2 Å². The Balaban J connectivity index is 2.42. The molecule has 0 aliphatic heterocycles. The van der Waals surface area contributed by atoms with Crippen molar-refractivity contribution in [1.82, 2.24) is 9.55 Å². The number of methoxy groups -OCH3 is 1. The first-order chi connectivity index (χ1) is 9.58. The van der Waals surface area contributed by atoms with Crippen molar-refractivity contribution in [2.45, 2.75) is 13.3 Å². The van der Waals surface area contributed by atoms with Gasteiger partial charge in [-0.1, -0.05) is 12.1 Å². The zero-order valence-corrected chi connectivity index (χ0v) is 11.5. The average Bonchev–Trinajstić information content (AvgIpc) is 2.75. The van der Waals surface area contributed by atoms with E-state index in [1.165, 1.54) is 7.11 Å². The maximum absolute atomic E-state index is 11.6. The Labute approximate surface area is 116 Å². The zero-order valence-electron chi connectivity index (χ0n) is 11.5. The maximum Gasteiger partial charge on any atom is 0.360 e. The molecule has 1 aromatic carbocycles. The number of aryl methyl sites for hydroxylation is 1. The zero-order chi connectivity index (χ0) is 14.7. The summed E-state index contributed by atoms with van der Waals surface area (Å²) in [7, 11) is 1.29. The molecule has 0 unspecified atom stereocenters. The summed E-state index contributed by atoms with van der Waals surface area (Å²) < 4.78 is 6.34.